The predicted molar refractivity (Wildman–Crippen MR) is 72.0 cm³/mol. The summed E-state index contributed by atoms with van der Waals surface area (Å²) in [7, 11) is 0. The summed E-state index contributed by atoms with van der Waals surface area (Å²) in [5, 5.41) is 3.03. The summed E-state index contributed by atoms with van der Waals surface area (Å²) in [5.41, 5.74) is 7.65. The molecule has 1 saturated carbocycles. The van der Waals surface area contributed by atoms with Crippen LogP contribution in [0.5, 0.6) is 0 Å². The average molecular weight is 297 g/mol. The molecule has 0 saturated heterocycles. The van der Waals surface area contributed by atoms with Gasteiger partial charge in [-0.1, -0.05) is 22.0 Å². The van der Waals surface area contributed by atoms with Gasteiger partial charge in [-0.05, 0) is 43.9 Å². The quantitative estimate of drug-likeness (QED) is 0.880. The molecule has 1 aromatic rings. The van der Waals surface area contributed by atoms with Crippen molar-refractivity contribution in [2.24, 2.45) is 5.73 Å². The number of carbonyl (C=O) groups is 1. The maximum atomic E-state index is 12.1. The Kier molecular flexibility index (Phi) is 3.84. The lowest BCUT2D eigenvalue weighted by atomic mass is 10.1. The number of halogens is 1. The van der Waals surface area contributed by atoms with Crippen molar-refractivity contribution in [3.05, 3.63) is 33.8 Å². The molecule has 1 aromatic carbocycles. The van der Waals surface area contributed by atoms with Crippen LogP contribution in [0.25, 0.3) is 0 Å². The van der Waals surface area contributed by atoms with Crippen molar-refractivity contribution in [2.75, 3.05) is 0 Å². The molecule has 2 atom stereocenters. The molecule has 0 bridgehead atoms. The monoisotopic (exact) mass is 296 g/mol. The van der Waals surface area contributed by atoms with Crippen molar-refractivity contribution in [1.82, 2.24) is 5.32 Å². The molecular weight excluding hydrogens is 280 g/mol. The number of nitrogens with two attached hydrogens (primary N) is 1. The smallest absolute Gasteiger partial charge is 0.251 e. The molecule has 0 spiro atoms. The Morgan fingerprint density at radius 1 is 1.47 bits per heavy atom. The van der Waals surface area contributed by atoms with Crippen LogP contribution in [0.3, 0.4) is 0 Å². The van der Waals surface area contributed by atoms with E-state index in [1.807, 2.05) is 25.1 Å². The first kappa shape index (κ1) is 12.6. The van der Waals surface area contributed by atoms with Gasteiger partial charge in [0.15, 0.2) is 0 Å². The number of hydrogen-bond donors (Lipinski definition) is 2. The summed E-state index contributed by atoms with van der Waals surface area (Å²) in [5.74, 6) is -0.0221. The Morgan fingerprint density at radius 2 is 2.24 bits per heavy atom. The standard InChI is InChI=1S/C13H17BrN2O/c1-8-5-6-9(14)7-10(8)13(17)16-12-4-2-3-11(12)15/h5-7,11-12H,2-4,15H2,1H3,(H,16,17). The third kappa shape index (κ3) is 2.87. The molecule has 4 heteroatoms. The van der Waals surface area contributed by atoms with Gasteiger partial charge in [0.1, 0.15) is 0 Å². The van der Waals surface area contributed by atoms with Crippen molar-refractivity contribution in [3.8, 4) is 0 Å². The summed E-state index contributed by atoms with van der Waals surface area (Å²) in [6.07, 6.45) is 3.09. The second-order valence-electron chi connectivity index (χ2n) is 4.63. The second kappa shape index (κ2) is 5.19. The maximum Gasteiger partial charge on any atom is 0.251 e. The molecule has 0 heterocycles. The van der Waals surface area contributed by atoms with Gasteiger partial charge >= 0.3 is 0 Å². The van der Waals surface area contributed by atoms with E-state index in [2.05, 4.69) is 21.2 Å². The van der Waals surface area contributed by atoms with Crippen LogP contribution < -0.4 is 11.1 Å². The molecule has 1 amide bonds. The molecule has 1 aliphatic carbocycles. The zero-order valence-electron chi connectivity index (χ0n) is 9.87. The first-order valence-electron chi connectivity index (χ1n) is 5.90. The van der Waals surface area contributed by atoms with E-state index in [0.29, 0.717) is 0 Å². The van der Waals surface area contributed by atoms with Crippen molar-refractivity contribution in [2.45, 2.75) is 38.3 Å². The van der Waals surface area contributed by atoms with Gasteiger partial charge < -0.3 is 11.1 Å². The molecule has 0 aliphatic heterocycles. The number of hydrogen-bond acceptors (Lipinski definition) is 2. The van der Waals surface area contributed by atoms with E-state index in [1.54, 1.807) is 0 Å². The molecule has 0 radical (unpaired) electrons. The molecule has 1 fully saturated rings. The first-order valence-corrected chi connectivity index (χ1v) is 6.70. The maximum absolute atomic E-state index is 12.1. The predicted octanol–water partition coefficient (Wildman–Crippen LogP) is 2.37. The van der Waals surface area contributed by atoms with Crippen LogP contribution in [-0.2, 0) is 0 Å². The van der Waals surface area contributed by atoms with E-state index >= 15 is 0 Å². The molecular formula is C13H17BrN2O. The Hall–Kier alpha value is -0.870. The highest BCUT2D eigenvalue weighted by molar-refractivity contribution is 9.10. The van der Waals surface area contributed by atoms with E-state index in [4.69, 9.17) is 5.73 Å². The number of carbonyl (C=O) groups excluding carboxylic acids is 1. The van der Waals surface area contributed by atoms with E-state index in [9.17, 15) is 4.79 Å². The molecule has 3 N–H and O–H groups in total. The van der Waals surface area contributed by atoms with Gasteiger partial charge in [-0.3, -0.25) is 4.79 Å². The number of rotatable bonds is 2. The largest absolute Gasteiger partial charge is 0.348 e. The lowest BCUT2D eigenvalue weighted by molar-refractivity contribution is 0.0934. The van der Waals surface area contributed by atoms with Gasteiger partial charge in [-0.15, -0.1) is 0 Å². The average Bonchev–Trinajstić information content (AvgIpc) is 2.68. The molecule has 3 nitrogen and oxygen atoms in total. The van der Waals surface area contributed by atoms with Crippen LogP contribution in [0, 0.1) is 6.92 Å². The SMILES string of the molecule is Cc1ccc(Br)cc1C(=O)NC1CCCC1N. The minimum absolute atomic E-state index is 0.0221. The minimum atomic E-state index is -0.0221. The molecule has 0 aromatic heterocycles. The zero-order chi connectivity index (χ0) is 12.4. The van der Waals surface area contributed by atoms with E-state index in [0.717, 1.165) is 34.9 Å². The normalized spacial score (nSPS) is 23.7. The fourth-order valence-electron chi connectivity index (χ4n) is 2.25. The molecule has 92 valence electrons. The second-order valence-corrected chi connectivity index (χ2v) is 5.55. The Labute approximate surface area is 110 Å². The van der Waals surface area contributed by atoms with E-state index in [1.165, 1.54) is 0 Å². The van der Waals surface area contributed by atoms with Gasteiger partial charge in [-0.25, -0.2) is 0 Å². The van der Waals surface area contributed by atoms with Crippen molar-refractivity contribution < 1.29 is 4.79 Å². The van der Waals surface area contributed by atoms with Crippen LogP contribution in [0.4, 0.5) is 0 Å². The Balaban J connectivity index is 2.11. The molecule has 1 aliphatic rings. The highest BCUT2D eigenvalue weighted by atomic mass is 79.9. The summed E-state index contributed by atoms with van der Waals surface area (Å²) in [6.45, 7) is 1.94. The van der Waals surface area contributed by atoms with Crippen molar-refractivity contribution in [1.29, 1.82) is 0 Å². The van der Waals surface area contributed by atoms with Crippen molar-refractivity contribution >= 4 is 21.8 Å². The van der Waals surface area contributed by atoms with Gasteiger partial charge in [0.05, 0.1) is 0 Å². The summed E-state index contributed by atoms with van der Waals surface area (Å²) >= 11 is 3.38. The minimum Gasteiger partial charge on any atom is -0.348 e. The Bertz CT molecular complexity index is 433. The molecule has 2 rings (SSSR count). The summed E-state index contributed by atoms with van der Waals surface area (Å²) < 4.78 is 0.920. The van der Waals surface area contributed by atoms with Gasteiger partial charge in [0, 0.05) is 22.1 Å². The summed E-state index contributed by atoms with van der Waals surface area (Å²) in [4.78, 5) is 12.1. The lowest BCUT2D eigenvalue weighted by Gasteiger charge is -2.18. The highest BCUT2D eigenvalue weighted by Crippen LogP contribution is 2.19. The van der Waals surface area contributed by atoms with E-state index in [-0.39, 0.29) is 18.0 Å². The van der Waals surface area contributed by atoms with Crippen LogP contribution >= 0.6 is 15.9 Å². The molecule has 17 heavy (non-hydrogen) atoms. The zero-order valence-corrected chi connectivity index (χ0v) is 11.5. The van der Waals surface area contributed by atoms with Crippen LogP contribution in [0.15, 0.2) is 22.7 Å². The topological polar surface area (TPSA) is 55.1 Å². The third-order valence-corrected chi connectivity index (χ3v) is 3.82. The van der Waals surface area contributed by atoms with Crippen molar-refractivity contribution in [3.63, 3.8) is 0 Å². The van der Waals surface area contributed by atoms with Gasteiger partial charge in [0.25, 0.3) is 5.91 Å². The Morgan fingerprint density at radius 3 is 2.88 bits per heavy atom. The third-order valence-electron chi connectivity index (χ3n) is 3.33. The van der Waals surface area contributed by atoms with E-state index < -0.39 is 0 Å². The van der Waals surface area contributed by atoms with Crippen LogP contribution in [0.2, 0.25) is 0 Å². The highest BCUT2D eigenvalue weighted by Gasteiger charge is 2.25. The number of nitrogens with one attached hydrogen (secondary N) is 1. The fraction of sp³-hybridized carbons (Fsp3) is 0.462. The lowest BCUT2D eigenvalue weighted by Crippen LogP contribution is -2.44. The van der Waals surface area contributed by atoms with Gasteiger partial charge in [0.2, 0.25) is 0 Å². The van der Waals surface area contributed by atoms with Crippen LogP contribution in [0.1, 0.15) is 35.2 Å². The fourth-order valence-corrected chi connectivity index (χ4v) is 2.61. The number of aryl methyl sites for hydroxylation is 1. The summed E-state index contributed by atoms with van der Waals surface area (Å²) in [6, 6.07) is 5.96. The number of amides is 1. The molecule has 2 unspecified atom stereocenters. The van der Waals surface area contributed by atoms with Gasteiger partial charge in [-0.2, -0.15) is 0 Å². The first-order chi connectivity index (χ1) is 8.08. The van der Waals surface area contributed by atoms with Crippen LogP contribution in [-0.4, -0.2) is 18.0 Å². The number of benzene rings is 1.